The standard InChI is InChI=1S/C37H30NO6P/c1-23-12-16-28(17-13-23)43-33-21-20-29(42-27-18-14-26(15-19-27)38-36(39)24(2)25(3)37(38)40)22-35(33)45(41)34-11-7-5-9-31(34)30-8-4-6-10-32(30)44-45/h4-22,39-40H,1-3H3. The molecule has 0 spiro atoms. The maximum atomic E-state index is 15.2. The lowest BCUT2D eigenvalue weighted by atomic mass is 10.0. The van der Waals surface area contributed by atoms with Gasteiger partial charge in [-0.3, -0.25) is 9.13 Å². The molecular formula is C37H30NO6P. The quantitative estimate of drug-likeness (QED) is 0.182. The number of ether oxygens (including phenoxy) is 2. The third-order valence-electron chi connectivity index (χ3n) is 8.11. The van der Waals surface area contributed by atoms with Crippen LogP contribution in [0, 0.1) is 20.8 Å². The van der Waals surface area contributed by atoms with Crippen molar-refractivity contribution < 1.29 is 28.8 Å². The monoisotopic (exact) mass is 615 g/mol. The summed E-state index contributed by atoms with van der Waals surface area (Å²) in [6.45, 7) is 5.50. The van der Waals surface area contributed by atoms with Crippen molar-refractivity contribution in [1.82, 2.24) is 4.57 Å². The van der Waals surface area contributed by atoms with Crippen molar-refractivity contribution in [2.24, 2.45) is 0 Å². The van der Waals surface area contributed by atoms with Crippen molar-refractivity contribution in [1.29, 1.82) is 0 Å². The average molecular weight is 616 g/mol. The van der Waals surface area contributed by atoms with Gasteiger partial charge in [0.1, 0.15) is 28.7 Å². The molecule has 0 radical (unpaired) electrons. The molecular weight excluding hydrogens is 585 g/mol. The highest BCUT2D eigenvalue weighted by molar-refractivity contribution is 7.75. The second kappa shape index (κ2) is 11.0. The molecule has 0 fully saturated rings. The van der Waals surface area contributed by atoms with Crippen LogP contribution in [0.2, 0.25) is 0 Å². The van der Waals surface area contributed by atoms with Crippen LogP contribution in [-0.4, -0.2) is 14.8 Å². The predicted molar refractivity (Wildman–Crippen MR) is 176 cm³/mol. The van der Waals surface area contributed by atoms with Crippen molar-refractivity contribution >= 4 is 18.0 Å². The lowest BCUT2D eigenvalue weighted by Crippen LogP contribution is -2.26. The molecule has 6 aromatic rings. The Morgan fingerprint density at radius 3 is 1.91 bits per heavy atom. The summed E-state index contributed by atoms with van der Waals surface area (Å²) in [5.74, 6) is 2.42. The number of nitrogens with zero attached hydrogens (tertiary/aromatic N) is 1. The Bertz CT molecular complexity index is 2090. The Hall–Kier alpha value is -5.39. The van der Waals surface area contributed by atoms with Crippen LogP contribution in [0.4, 0.5) is 0 Å². The number of fused-ring (bicyclic) bond motifs is 3. The molecule has 1 atom stereocenters. The van der Waals surface area contributed by atoms with E-state index in [0.29, 0.717) is 56.2 Å². The molecule has 1 aliphatic rings. The molecule has 0 saturated carbocycles. The summed E-state index contributed by atoms with van der Waals surface area (Å²) in [5.41, 5.74) is 4.60. The number of aromatic hydroxyl groups is 2. The SMILES string of the molecule is Cc1ccc(Oc2ccc(Oc3ccc(-n4c(O)c(C)c(C)c4O)cc3)cc2P2(=O)Oc3ccccc3-c3ccccc32)cc1. The molecule has 7 nitrogen and oxygen atoms in total. The minimum Gasteiger partial charge on any atom is -0.494 e. The second-order valence-corrected chi connectivity index (χ2v) is 13.3. The van der Waals surface area contributed by atoms with Gasteiger partial charge in [-0.25, -0.2) is 0 Å². The molecule has 1 aromatic heterocycles. The molecule has 2 N–H and O–H groups in total. The molecule has 0 amide bonds. The van der Waals surface area contributed by atoms with Crippen LogP contribution in [-0.2, 0) is 4.57 Å². The highest BCUT2D eigenvalue weighted by Crippen LogP contribution is 2.56. The lowest BCUT2D eigenvalue weighted by molar-refractivity contribution is 0.400. The van der Waals surface area contributed by atoms with Crippen LogP contribution >= 0.6 is 7.37 Å². The van der Waals surface area contributed by atoms with Crippen molar-refractivity contribution in [2.75, 3.05) is 0 Å². The fraction of sp³-hybridized carbons (Fsp3) is 0.0811. The van der Waals surface area contributed by atoms with E-state index in [-0.39, 0.29) is 11.8 Å². The summed E-state index contributed by atoms with van der Waals surface area (Å²) in [6, 6.07) is 35.0. The molecule has 1 aliphatic heterocycles. The summed E-state index contributed by atoms with van der Waals surface area (Å²) in [7, 11) is -3.73. The Labute approximate surface area is 261 Å². The normalized spacial score (nSPS) is 15.1. The van der Waals surface area contributed by atoms with E-state index in [1.165, 1.54) is 4.57 Å². The molecule has 0 aliphatic carbocycles. The molecule has 0 saturated heterocycles. The summed E-state index contributed by atoms with van der Waals surface area (Å²) in [4.78, 5) is 0. The van der Waals surface area contributed by atoms with Crippen molar-refractivity contribution in [3.8, 4) is 57.3 Å². The predicted octanol–water partition coefficient (Wildman–Crippen LogP) is 8.69. The Morgan fingerprint density at radius 1 is 0.622 bits per heavy atom. The highest BCUT2D eigenvalue weighted by atomic mass is 31.2. The molecule has 224 valence electrons. The number of aryl methyl sites for hydroxylation is 1. The van der Waals surface area contributed by atoms with Crippen LogP contribution in [0.3, 0.4) is 0 Å². The van der Waals surface area contributed by atoms with Gasteiger partial charge in [0.2, 0.25) is 11.8 Å². The van der Waals surface area contributed by atoms with Gasteiger partial charge in [-0.1, -0.05) is 54.1 Å². The molecule has 2 heterocycles. The minimum atomic E-state index is -3.73. The van der Waals surface area contributed by atoms with Crippen LogP contribution in [0.5, 0.6) is 40.5 Å². The zero-order valence-corrected chi connectivity index (χ0v) is 25.8. The molecule has 7 rings (SSSR count). The van der Waals surface area contributed by atoms with Gasteiger partial charge in [0.15, 0.2) is 0 Å². The van der Waals surface area contributed by atoms with E-state index in [2.05, 4.69) is 0 Å². The third kappa shape index (κ3) is 4.91. The topological polar surface area (TPSA) is 90.2 Å². The van der Waals surface area contributed by atoms with Crippen LogP contribution in [0.15, 0.2) is 115 Å². The van der Waals surface area contributed by atoms with Gasteiger partial charge in [0, 0.05) is 16.7 Å². The molecule has 45 heavy (non-hydrogen) atoms. The number of hydrogen-bond acceptors (Lipinski definition) is 6. The maximum Gasteiger partial charge on any atom is 0.311 e. The summed E-state index contributed by atoms with van der Waals surface area (Å²) in [6.07, 6.45) is 0. The third-order valence-corrected chi connectivity index (χ3v) is 10.6. The van der Waals surface area contributed by atoms with Gasteiger partial charge >= 0.3 is 7.37 Å². The Morgan fingerprint density at radius 2 is 1.20 bits per heavy atom. The summed E-state index contributed by atoms with van der Waals surface area (Å²) < 4.78 is 35.5. The van der Waals surface area contributed by atoms with E-state index in [4.69, 9.17) is 14.0 Å². The van der Waals surface area contributed by atoms with Crippen LogP contribution < -0.4 is 24.6 Å². The van der Waals surface area contributed by atoms with E-state index in [0.717, 1.165) is 16.7 Å². The summed E-state index contributed by atoms with van der Waals surface area (Å²) in [5, 5.41) is 22.0. The van der Waals surface area contributed by atoms with Crippen molar-refractivity contribution in [3.63, 3.8) is 0 Å². The number of rotatable bonds is 6. The van der Waals surface area contributed by atoms with Crippen molar-refractivity contribution in [3.05, 3.63) is 132 Å². The van der Waals surface area contributed by atoms with E-state index in [1.54, 1.807) is 56.3 Å². The first kappa shape index (κ1) is 28.4. The molecule has 5 aromatic carbocycles. The van der Waals surface area contributed by atoms with Gasteiger partial charge in [0.25, 0.3) is 0 Å². The van der Waals surface area contributed by atoms with Crippen molar-refractivity contribution in [2.45, 2.75) is 20.8 Å². The van der Waals surface area contributed by atoms with E-state index < -0.39 is 7.37 Å². The van der Waals surface area contributed by atoms with Gasteiger partial charge < -0.3 is 24.2 Å². The van der Waals surface area contributed by atoms with Crippen LogP contribution in [0.1, 0.15) is 16.7 Å². The Balaban J connectivity index is 1.30. The van der Waals surface area contributed by atoms with Gasteiger partial charge in [-0.2, -0.15) is 0 Å². The first-order valence-corrected chi connectivity index (χ1v) is 16.1. The number of hydrogen-bond donors (Lipinski definition) is 2. The zero-order valence-electron chi connectivity index (χ0n) is 24.9. The van der Waals surface area contributed by atoms with Gasteiger partial charge in [0.05, 0.1) is 16.3 Å². The first-order chi connectivity index (χ1) is 21.7. The molecule has 1 unspecified atom stereocenters. The fourth-order valence-corrected chi connectivity index (χ4v) is 7.91. The maximum absolute atomic E-state index is 15.2. The lowest BCUT2D eigenvalue weighted by Gasteiger charge is -2.30. The molecule has 0 bridgehead atoms. The van der Waals surface area contributed by atoms with E-state index in [1.807, 2.05) is 79.7 Å². The largest absolute Gasteiger partial charge is 0.494 e. The first-order valence-electron chi connectivity index (χ1n) is 14.5. The summed E-state index contributed by atoms with van der Waals surface area (Å²) >= 11 is 0. The second-order valence-electron chi connectivity index (χ2n) is 11.0. The van der Waals surface area contributed by atoms with E-state index >= 15 is 4.57 Å². The zero-order chi connectivity index (χ0) is 31.3. The van der Waals surface area contributed by atoms with Crippen LogP contribution in [0.25, 0.3) is 16.8 Å². The highest BCUT2D eigenvalue weighted by Gasteiger charge is 2.40. The number of benzene rings is 5. The molecule has 8 heteroatoms. The number of para-hydroxylation sites is 1. The Kier molecular flexibility index (Phi) is 6.91. The smallest absolute Gasteiger partial charge is 0.311 e. The number of aromatic nitrogens is 1. The van der Waals surface area contributed by atoms with Gasteiger partial charge in [-0.15, -0.1) is 0 Å². The van der Waals surface area contributed by atoms with E-state index in [9.17, 15) is 10.2 Å². The average Bonchev–Trinajstić information content (AvgIpc) is 3.25. The minimum absolute atomic E-state index is 0.0217. The fourth-order valence-electron chi connectivity index (χ4n) is 5.52. The van der Waals surface area contributed by atoms with Gasteiger partial charge in [-0.05, 0) is 93.1 Å².